The van der Waals surface area contributed by atoms with E-state index in [2.05, 4.69) is 34.4 Å². The summed E-state index contributed by atoms with van der Waals surface area (Å²) in [4.78, 5) is 9.52. The summed E-state index contributed by atoms with van der Waals surface area (Å²) in [5.74, 6) is 0.439. The Kier molecular flexibility index (Phi) is 6.50. The van der Waals surface area contributed by atoms with Crippen LogP contribution in [-0.2, 0) is 16.1 Å². The molecule has 2 unspecified atom stereocenters. The van der Waals surface area contributed by atoms with Crippen LogP contribution in [0.3, 0.4) is 0 Å². The molecule has 1 aliphatic rings. The van der Waals surface area contributed by atoms with E-state index >= 15 is 0 Å². The van der Waals surface area contributed by atoms with Crippen LogP contribution >= 0.6 is 11.3 Å². The minimum atomic E-state index is 0.0645. The summed E-state index contributed by atoms with van der Waals surface area (Å²) in [5.41, 5.74) is 2.30. The first kappa shape index (κ1) is 18.0. The number of nitrogens with zero attached hydrogens (tertiary/aromatic N) is 2. The van der Waals surface area contributed by atoms with E-state index in [0.717, 1.165) is 16.9 Å². The zero-order valence-electron chi connectivity index (χ0n) is 14.7. The molecule has 3 rings (SSSR count). The van der Waals surface area contributed by atoms with Crippen LogP contribution in [0.15, 0.2) is 54.4 Å². The molecule has 0 bridgehead atoms. The molecule has 0 amide bonds. The molecule has 1 aromatic carbocycles. The Morgan fingerprint density at radius 1 is 1.20 bits per heavy atom. The first-order valence-corrected chi connectivity index (χ1v) is 9.46. The van der Waals surface area contributed by atoms with Crippen LogP contribution in [0.2, 0.25) is 0 Å². The molecule has 0 aliphatic carbocycles. The zero-order chi connectivity index (χ0) is 17.5. The Bertz CT molecular complexity index is 718. The second kappa shape index (κ2) is 9.04. The van der Waals surface area contributed by atoms with E-state index in [4.69, 9.17) is 9.47 Å². The molecule has 0 saturated carbocycles. The smallest absolute Gasteiger partial charge is 0.115 e. The van der Waals surface area contributed by atoms with E-state index < -0.39 is 0 Å². The summed E-state index contributed by atoms with van der Waals surface area (Å²) in [6.07, 6.45) is 6.44. The maximum absolute atomic E-state index is 6.27. The van der Waals surface area contributed by atoms with Gasteiger partial charge in [0.1, 0.15) is 6.33 Å². The molecule has 0 spiro atoms. The fourth-order valence-electron chi connectivity index (χ4n) is 2.93. The number of rotatable bonds is 5. The van der Waals surface area contributed by atoms with Gasteiger partial charge in [-0.2, -0.15) is 0 Å². The Morgan fingerprint density at radius 2 is 2.00 bits per heavy atom. The third kappa shape index (κ3) is 5.33. The second-order valence-electron chi connectivity index (χ2n) is 6.45. The molecule has 0 N–H and O–H groups in total. The van der Waals surface area contributed by atoms with Crippen LogP contribution in [-0.4, -0.2) is 22.7 Å². The van der Waals surface area contributed by atoms with E-state index in [9.17, 15) is 0 Å². The molecule has 1 aromatic heterocycles. The Hall–Kier alpha value is -1.82. The molecule has 3 atom stereocenters. The monoisotopic (exact) mass is 356 g/mol. The van der Waals surface area contributed by atoms with Gasteiger partial charge in [0.2, 0.25) is 0 Å². The van der Waals surface area contributed by atoms with Gasteiger partial charge in [0.25, 0.3) is 0 Å². The highest BCUT2D eigenvalue weighted by molar-refractivity contribution is 7.09. The average molecular weight is 356 g/mol. The standard InChI is InChI=1S/C20H24N2O2S/c1-15-9-21-14-22-10-19(25-13-15)20-16(2)8-18(24-20)12-23-11-17-6-4-3-5-7-17/h3-7,9-10,13-14,16,18,20H,8,11-12H2,1-2H3/t16?,18?,20-/m1/s1. The predicted octanol–water partition coefficient (Wildman–Crippen LogP) is 4.65. The van der Waals surface area contributed by atoms with Crippen molar-refractivity contribution in [2.24, 2.45) is 5.92 Å². The van der Waals surface area contributed by atoms with Crippen molar-refractivity contribution in [3.05, 3.63) is 70.4 Å². The largest absolute Gasteiger partial charge is 0.374 e. The molecule has 2 heterocycles. The van der Waals surface area contributed by atoms with Crippen LogP contribution in [0, 0.1) is 12.8 Å². The van der Waals surface area contributed by atoms with E-state index in [1.165, 1.54) is 5.56 Å². The van der Waals surface area contributed by atoms with Crippen LogP contribution in [0.5, 0.6) is 0 Å². The summed E-state index contributed by atoms with van der Waals surface area (Å²) in [6.45, 7) is 5.51. The lowest BCUT2D eigenvalue weighted by atomic mass is 10.0. The SMILES string of the molecule is Cc1cncncc([C@@H]2OC(COCc3ccccc3)CC2C)sc1. The highest BCUT2D eigenvalue weighted by Gasteiger charge is 2.33. The summed E-state index contributed by atoms with van der Waals surface area (Å²) in [6, 6.07) is 10.2. The maximum atomic E-state index is 6.27. The quantitative estimate of drug-likeness (QED) is 0.782. The third-order valence-electron chi connectivity index (χ3n) is 4.18. The fraction of sp³-hybridized carbons (Fsp3) is 0.400. The second-order valence-corrected chi connectivity index (χ2v) is 7.39. The predicted molar refractivity (Wildman–Crippen MR) is 99.8 cm³/mol. The number of ether oxygens (including phenoxy) is 2. The number of aromatic nitrogens is 2. The van der Waals surface area contributed by atoms with Crippen molar-refractivity contribution in [2.45, 2.75) is 39.1 Å². The van der Waals surface area contributed by atoms with Gasteiger partial charge < -0.3 is 9.47 Å². The third-order valence-corrected chi connectivity index (χ3v) is 5.28. The Balaban J connectivity index is 1.61. The van der Waals surface area contributed by atoms with Gasteiger partial charge in [-0.3, -0.25) is 0 Å². The van der Waals surface area contributed by atoms with Crippen molar-refractivity contribution in [1.29, 1.82) is 0 Å². The number of benzene rings is 1. The van der Waals surface area contributed by atoms with Gasteiger partial charge in [-0.15, -0.1) is 11.3 Å². The minimum absolute atomic E-state index is 0.0645. The van der Waals surface area contributed by atoms with Gasteiger partial charge in [0, 0.05) is 12.4 Å². The molecule has 1 fully saturated rings. The normalized spacial score (nSPS) is 22.6. The van der Waals surface area contributed by atoms with E-state index in [1.807, 2.05) is 37.5 Å². The topological polar surface area (TPSA) is 44.2 Å². The van der Waals surface area contributed by atoms with Crippen molar-refractivity contribution in [2.75, 3.05) is 6.61 Å². The number of aryl methyl sites for hydroxylation is 1. The summed E-state index contributed by atoms with van der Waals surface area (Å²) >= 11 is 1.67. The summed E-state index contributed by atoms with van der Waals surface area (Å²) in [5, 5.41) is 2.10. The molecule has 0 radical (unpaired) electrons. The van der Waals surface area contributed by atoms with Crippen LogP contribution in [0.25, 0.3) is 0 Å². The molecule has 2 aromatic rings. The van der Waals surface area contributed by atoms with Gasteiger partial charge in [-0.1, -0.05) is 37.3 Å². The number of hydrogen-bond acceptors (Lipinski definition) is 5. The van der Waals surface area contributed by atoms with Crippen LogP contribution in [0.1, 0.15) is 35.5 Å². The van der Waals surface area contributed by atoms with E-state index in [-0.39, 0.29) is 12.2 Å². The summed E-state index contributed by atoms with van der Waals surface area (Å²) < 4.78 is 12.1. The summed E-state index contributed by atoms with van der Waals surface area (Å²) in [7, 11) is 0. The Morgan fingerprint density at radius 3 is 2.84 bits per heavy atom. The highest BCUT2D eigenvalue weighted by Crippen LogP contribution is 2.38. The first-order valence-electron chi connectivity index (χ1n) is 8.58. The van der Waals surface area contributed by atoms with Gasteiger partial charge in [-0.25, -0.2) is 9.97 Å². The zero-order valence-corrected chi connectivity index (χ0v) is 15.5. The average Bonchev–Trinajstić information content (AvgIpc) is 3.02. The van der Waals surface area contributed by atoms with Crippen molar-refractivity contribution in [1.82, 2.24) is 9.97 Å². The molecule has 1 saturated heterocycles. The number of hydrogen-bond donors (Lipinski definition) is 0. The lowest BCUT2D eigenvalue weighted by molar-refractivity contribution is -0.0227. The molecule has 4 nitrogen and oxygen atoms in total. The Labute approximate surface area is 153 Å². The van der Waals surface area contributed by atoms with Crippen molar-refractivity contribution >= 4 is 11.3 Å². The molecule has 1 aliphatic heterocycles. The first-order chi connectivity index (χ1) is 12.2. The van der Waals surface area contributed by atoms with Crippen LogP contribution < -0.4 is 0 Å². The van der Waals surface area contributed by atoms with Gasteiger partial charge in [-0.05, 0) is 35.8 Å². The van der Waals surface area contributed by atoms with Crippen molar-refractivity contribution < 1.29 is 9.47 Å². The molecule has 132 valence electrons. The highest BCUT2D eigenvalue weighted by atomic mass is 32.1. The van der Waals surface area contributed by atoms with Gasteiger partial charge in [0.05, 0.1) is 30.3 Å². The maximum Gasteiger partial charge on any atom is 0.115 e. The minimum Gasteiger partial charge on any atom is -0.374 e. The molecule has 5 heteroatoms. The fourth-order valence-corrected chi connectivity index (χ4v) is 3.86. The van der Waals surface area contributed by atoms with Gasteiger partial charge >= 0.3 is 0 Å². The molecular formula is C20H24N2O2S. The molecular weight excluding hydrogens is 332 g/mol. The lowest BCUT2D eigenvalue weighted by Crippen LogP contribution is -2.14. The van der Waals surface area contributed by atoms with Crippen molar-refractivity contribution in [3.63, 3.8) is 0 Å². The van der Waals surface area contributed by atoms with Gasteiger partial charge in [0.15, 0.2) is 0 Å². The lowest BCUT2D eigenvalue weighted by Gasteiger charge is -2.14. The molecule has 25 heavy (non-hydrogen) atoms. The van der Waals surface area contributed by atoms with Crippen molar-refractivity contribution in [3.8, 4) is 0 Å². The van der Waals surface area contributed by atoms with Crippen LogP contribution in [0.4, 0.5) is 0 Å². The van der Waals surface area contributed by atoms with E-state index in [0.29, 0.717) is 19.1 Å². The van der Waals surface area contributed by atoms with E-state index in [1.54, 1.807) is 17.7 Å².